The smallest absolute Gasteiger partial charge is 0.421 e. The maximum Gasteiger partial charge on any atom is 0.421 e. The minimum atomic E-state index is -4.71. The third kappa shape index (κ3) is 4.02. The Balaban J connectivity index is 1.72. The summed E-state index contributed by atoms with van der Waals surface area (Å²) in [6.45, 7) is 0.242. The average Bonchev–Trinajstić information content (AvgIpc) is 2.68. The minimum absolute atomic E-state index is 0.120. The quantitative estimate of drug-likeness (QED) is 0.485. The molecule has 0 unspecified atom stereocenters. The van der Waals surface area contributed by atoms with Crippen molar-refractivity contribution in [3.63, 3.8) is 0 Å². The Morgan fingerprint density at radius 1 is 1.19 bits per heavy atom. The SMILES string of the molecule is CNC(=O)c1c(Nc2ncc(C(F)(F)F)c(Nc3cccc(O)c3)n2)ccc2c1CO2. The molecule has 0 bridgehead atoms. The van der Waals surface area contributed by atoms with Crippen LogP contribution in [0.15, 0.2) is 42.6 Å². The van der Waals surface area contributed by atoms with E-state index in [2.05, 4.69) is 25.9 Å². The Hall–Kier alpha value is -4.02. The van der Waals surface area contributed by atoms with E-state index < -0.39 is 17.6 Å². The summed E-state index contributed by atoms with van der Waals surface area (Å²) in [6, 6.07) is 8.81. The molecule has 0 saturated carbocycles. The first-order valence-electron chi connectivity index (χ1n) is 9.04. The maximum absolute atomic E-state index is 13.5. The van der Waals surface area contributed by atoms with E-state index in [4.69, 9.17) is 4.74 Å². The molecular formula is C20H16F3N5O3. The molecule has 0 spiro atoms. The van der Waals surface area contributed by atoms with E-state index in [0.29, 0.717) is 28.8 Å². The van der Waals surface area contributed by atoms with Crippen LogP contribution in [-0.4, -0.2) is 28.0 Å². The van der Waals surface area contributed by atoms with E-state index in [1.807, 2.05) is 0 Å². The van der Waals surface area contributed by atoms with Gasteiger partial charge in [-0.2, -0.15) is 18.2 Å². The first-order chi connectivity index (χ1) is 14.8. The standard InChI is InChI=1S/C20H16F3N5O3/c1-24-18(30)16-12-9-31-15(12)6-5-14(16)27-19-25-8-13(20(21,22)23)17(28-19)26-10-3-2-4-11(29)7-10/h2-8,29H,9H2,1H3,(H,24,30)(H2,25,26,27,28). The van der Waals surface area contributed by atoms with Crippen LogP contribution < -0.4 is 20.7 Å². The number of alkyl halides is 3. The van der Waals surface area contributed by atoms with Gasteiger partial charge in [-0.25, -0.2) is 4.98 Å². The van der Waals surface area contributed by atoms with Crippen LogP contribution in [0.25, 0.3) is 0 Å². The van der Waals surface area contributed by atoms with Crippen LogP contribution in [0.4, 0.5) is 36.3 Å². The van der Waals surface area contributed by atoms with Gasteiger partial charge in [0.25, 0.3) is 5.91 Å². The zero-order chi connectivity index (χ0) is 22.2. The van der Waals surface area contributed by atoms with Gasteiger partial charge in [0.2, 0.25) is 5.95 Å². The number of phenolic OH excluding ortho intramolecular Hbond substituents is 1. The fourth-order valence-corrected chi connectivity index (χ4v) is 3.05. The first-order valence-corrected chi connectivity index (χ1v) is 9.04. The number of halogens is 3. The van der Waals surface area contributed by atoms with Gasteiger partial charge in [-0.15, -0.1) is 0 Å². The molecule has 1 amide bonds. The number of aromatic hydroxyl groups is 1. The van der Waals surface area contributed by atoms with Crippen LogP contribution in [0.5, 0.6) is 11.5 Å². The fraction of sp³-hybridized carbons (Fsp3) is 0.150. The van der Waals surface area contributed by atoms with Gasteiger partial charge < -0.3 is 25.8 Å². The maximum atomic E-state index is 13.5. The number of benzene rings is 2. The molecule has 0 radical (unpaired) electrons. The summed E-state index contributed by atoms with van der Waals surface area (Å²) in [6.07, 6.45) is -4.07. The van der Waals surface area contributed by atoms with Gasteiger partial charge in [-0.1, -0.05) is 6.07 Å². The molecule has 1 aromatic heterocycles. The van der Waals surface area contributed by atoms with E-state index >= 15 is 0 Å². The molecule has 2 heterocycles. The van der Waals surface area contributed by atoms with Gasteiger partial charge in [0.05, 0.1) is 11.3 Å². The van der Waals surface area contributed by atoms with Crippen LogP contribution in [-0.2, 0) is 12.8 Å². The highest BCUT2D eigenvalue weighted by Crippen LogP contribution is 2.38. The van der Waals surface area contributed by atoms with E-state index in [-0.39, 0.29) is 29.9 Å². The van der Waals surface area contributed by atoms with Crippen LogP contribution in [0, 0.1) is 0 Å². The van der Waals surface area contributed by atoms with Crippen LogP contribution in [0.2, 0.25) is 0 Å². The zero-order valence-corrected chi connectivity index (χ0v) is 16.0. The van der Waals surface area contributed by atoms with Crippen molar-refractivity contribution >= 4 is 29.0 Å². The number of carbonyl (C=O) groups excluding carboxylic acids is 1. The predicted molar refractivity (Wildman–Crippen MR) is 106 cm³/mol. The van der Waals surface area contributed by atoms with Crippen molar-refractivity contribution in [2.24, 2.45) is 0 Å². The molecule has 0 atom stereocenters. The van der Waals surface area contributed by atoms with E-state index in [1.54, 1.807) is 12.1 Å². The third-order valence-corrected chi connectivity index (χ3v) is 4.55. The summed E-state index contributed by atoms with van der Waals surface area (Å²) in [7, 11) is 1.47. The second-order valence-corrected chi connectivity index (χ2v) is 6.59. The molecule has 4 N–H and O–H groups in total. The van der Waals surface area contributed by atoms with Gasteiger partial charge in [-0.05, 0) is 24.3 Å². The molecule has 160 valence electrons. The molecule has 31 heavy (non-hydrogen) atoms. The number of nitrogens with zero attached hydrogens (tertiary/aromatic N) is 2. The first kappa shape index (κ1) is 20.3. The minimum Gasteiger partial charge on any atom is -0.508 e. The third-order valence-electron chi connectivity index (χ3n) is 4.55. The molecule has 3 aromatic rings. The number of anilines is 4. The number of aromatic nitrogens is 2. The van der Waals surface area contributed by atoms with Gasteiger partial charge in [0, 0.05) is 30.6 Å². The van der Waals surface area contributed by atoms with Gasteiger partial charge >= 0.3 is 6.18 Å². The molecule has 2 aromatic carbocycles. The second-order valence-electron chi connectivity index (χ2n) is 6.59. The number of carbonyl (C=O) groups is 1. The van der Waals surface area contributed by atoms with Gasteiger partial charge in [0.15, 0.2) is 0 Å². The number of fused-ring (bicyclic) bond motifs is 1. The molecule has 4 rings (SSSR count). The number of rotatable bonds is 5. The molecule has 11 heteroatoms. The zero-order valence-electron chi connectivity index (χ0n) is 16.0. The topological polar surface area (TPSA) is 108 Å². The lowest BCUT2D eigenvalue weighted by Gasteiger charge is -2.25. The lowest BCUT2D eigenvalue weighted by atomic mass is 10.0. The Morgan fingerprint density at radius 3 is 2.65 bits per heavy atom. The number of nitrogens with one attached hydrogen (secondary N) is 3. The monoisotopic (exact) mass is 431 g/mol. The molecule has 1 aliphatic rings. The fourth-order valence-electron chi connectivity index (χ4n) is 3.05. The number of hydrogen-bond donors (Lipinski definition) is 4. The predicted octanol–water partition coefficient (Wildman–Crippen LogP) is 3.94. The molecule has 0 saturated heterocycles. The average molecular weight is 431 g/mol. The van der Waals surface area contributed by atoms with Crippen LogP contribution >= 0.6 is 0 Å². The molecule has 1 aliphatic heterocycles. The van der Waals surface area contributed by atoms with Gasteiger partial charge in [0.1, 0.15) is 29.5 Å². The van der Waals surface area contributed by atoms with Crippen molar-refractivity contribution in [2.75, 3.05) is 17.7 Å². The normalized spacial score (nSPS) is 12.3. The lowest BCUT2D eigenvalue weighted by molar-refractivity contribution is -0.137. The van der Waals surface area contributed by atoms with E-state index in [1.165, 1.54) is 31.3 Å². The number of amides is 1. The molecular weight excluding hydrogens is 415 g/mol. The van der Waals surface area contributed by atoms with E-state index in [9.17, 15) is 23.1 Å². The highest BCUT2D eigenvalue weighted by molar-refractivity contribution is 6.02. The highest BCUT2D eigenvalue weighted by atomic mass is 19.4. The largest absolute Gasteiger partial charge is 0.508 e. The Labute approximate surface area is 174 Å². The van der Waals surface area contributed by atoms with Gasteiger partial charge in [-0.3, -0.25) is 4.79 Å². The number of ether oxygens (including phenoxy) is 1. The molecule has 0 aliphatic carbocycles. The summed E-state index contributed by atoms with van der Waals surface area (Å²) in [5, 5.41) is 17.5. The van der Waals surface area contributed by atoms with Crippen molar-refractivity contribution in [1.82, 2.24) is 15.3 Å². The van der Waals surface area contributed by atoms with Crippen LogP contribution in [0.1, 0.15) is 21.5 Å². The van der Waals surface area contributed by atoms with E-state index in [0.717, 1.165) is 0 Å². The van der Waals surface area contributed by atoms with Crippen LogP contribution in [0.3, 0.4) is 0 Å². The Kier molecular flexibility index (Phi) is 5.01. The molecule has 0 fully saturated rings. The summed E-state index contributed by atoms with van der Waals surface area (Å²) >= 11 is 0. The molecule has 8 nitrogen and oxygen atoms in total. The van der Waals surface area contributed by atoms with Crippen molar-refractivity contribution in [2.45, 2.75) is 12.8 Å². The summed E-state index contributed by atoms with van der Waals surface area (Å²) in [4.78, 5) is 20.0. The highest BCUT2D eigenvalue weighted by Gasteiger charge is 2.35. The summed E-state index contributed by atoms with van der Waals surface area (Å²) < 4.78 is 45.6. The van der Waals surface area contributed by atoms with Crippen molar-refractivity contribution in [1.29, 1.82) is 0 Å². The summed E-state index contributed by atoms with van der Waals surface area (Å²) in [5.41, 5.74) is 0.425. The second kappa shape index (κ2) is 7.67. The number of phenols is 1. The van der Waals surface area contributed by atoms with Crippen molar-refractivity contribution in [3.8, 4) is 11.5 Å². The van der Waals surface area contributed by atoms with Crippen molar-refractivity contribution in [3.05, 3.63) is 59.3 Å². The lowest BCUT2D eigenvalue weighted by Crippen LogP contribution is -2.25. The summed E-state index contributed by atoms with van der Waals surface area (Å²) in [5.74, 6) is -0.604. The van der Waals surface area contributed by atoms with Crippen molar-refractivity contribution < 1.29 is 27.8 Å². The number of hydrogen-bond acceptors (Lipinski definition) is 7. The Morgan fingerprint density at radius 2 is 2.00 bits per heavy atom. The Bertz CT molecular complexity index is 1170.